The molecule has 3 heterocycles. The molecule has 1 aliphatic heterocycles. The van der Waals surface area contributed by atoms with Gasteiger partial charge >= 0.3 is 0 Å². The fourth-order valence-corrected chi connectivity index (χ4v) is 5.16. The van der Waals surface area contributed by atoms with Crippen LogP contribution >= 0.6 is 23.8 Å². The highest BCUT2D eigenvalue weighted by molar-refractivity contribution is 7.80. The van der Waals surface area contributed by atoms with Crippen LogP contribution < -0.4 is 10.2 Å². The average Bonchev–Trinajstić information content (AvgIpc) is 3.32. The standard InChI is InChI=1S/C27H25ClN4S/c1-18-16-23(19(2)31(18)17-20-8-4-3-5-9-20)26-25(24-10-6-7-15-29-24)30-27(33)32(26)22-13-11-21(28)12-14-22/h3-16,25-26H,17H2,1-2H3,(H,30,33)/t25-,26-/m1/s1. The first-order chi connectivity index (χ1) is 16.0. The molecule has 0 aliphatic carbocycles. The minimum absolute atomic E-state index is 0.0377. The van der Waals surface area contributed by atoms with Gasteiger partial charge in [-0.15, -0.1) is 0 Å². The summed E-state index contributed by atoms with van der Waals surface area (Å²) in [5.74, 6) is 0. The van der Waals surface area contributed by atoms with Gasteiger partial charge in [0.25, 0.3) is 0 Å². The van der Waals surface area contributed by atoms with E-state index in [0.717, 1.165) is 17.9 Å². The number of nitrogens with zero attached hydrogens (tertiary/aromatic N) is 3. The van der Waals surface area contributed by atoms with Crippen molar-refractivity contribution in [1.82, 2.24) is 14.9 Å². The Labute approximate surface area is 204 Å². The van der Waals surface area contributed by atoms with Gasteiger partial charge in [-0.1, -0.05) is 48.0 Å². The monoisotopic (exact) mass is 472 g/mol. The molecule has 2 atom stereocenters. The summed E-state index contributed by atoms with van der Waals surface area (Å²) in [4.78, 5) is 6.86. The Bertz CT molecular complexity index is 1270. The predicted molar refractivity (Wildman–Crippen MR) is 139 cm³/mol. The van der Waals surface area contributed by atoms with Crippen molar-refractivity contribution < 1.29 is 0 Å². The predicted octanol–water partition coefficient (Wildman–Crippen LogP) is 6.38. The van der Waals surface area contributed by atoms with E-state index in [-0.39, 0.29) is 12.1 Å². The van der Waals surface area contributed by atoms with Crippen LogP contribution in [0, 0.1) is 13.8 Å². The summed E-state index contributed by atoms with van der Waals surface area (Å²) in [6, 6.07) is 26.6. The fraction of sp³-hybridized carbons (Fsp3) is 0.185. The molecule has 5 rings (SSSR count). The van der Waals surface area contributed by atoms with Gasteiger partial charge in [0, 0.05) is 34.8 Å². The van der Waals surface area contributed by atoms with Crippen molar-refractivity contribution in [2.45, 2.75) is 32.5 Å². The van der Waals surface area contributed by atoms with Gasteiger partial charge in [0.1, 0.15) is 0 Å². The summed E-state index contributed by atoms with van der Waals surface area (Å²) in [5, 5.41) is 4.93. The first kappa shape index (κ1) is 21.7. The van der Waals surface area contributed by atoms with Gasteiger partial charge in [0.15, 0.2) is 5.11 Å². The summed E-state index contributed by atoms with van der Waals surface area (Å²) in [7, 11) is 0. The Kier molecular flexibility index (Phi) is 5.92. The molecule has 166 valence electrons. The highest BCUT2D eigenvalue weighted by atomic mass is 35.5. The Morgan fingerprint density at radius 2 is 1.70 bits per heavy atom. The number of benzene rings is 2. The number of thiocarbonyl (C=S) groups is 1. The van der Waals surface area contributed by atoms with Crippen LogP contribution in [0.1, 0.15) is 40.3 Å². The third-order valence-corrected chi connectivity index (χ3v) is 6.88. The maximum absolute atomic E-state index is 6.18. The lowest BCUT2D eigenvalue weighted by Crippen LogP contribution is -2.29. The number of anilines is 1. The summed E-state index contributed by atoms with van der Waals surface area (Å²) in [6.45, 7) is 5.20. The van der Waals surface area contributed by atoms with Gasteiger partial charge in [-0.3, -0.25) is 4.98 Å². The lowest BCUT2D eigenvalue weighted by Gasteiger charge is -2.28. The maximum Gasteiger partial charge on any atom is 0.174 e. The van der Waals surface area contributed by atoms with Crippen molar-refractivity contribution in [2.24, 2.45) is 0 Å². The molecule has 0 spiro atoms. The van der Waals surface area contributed by atoms with E-state index < -0.39 is 0 Å². The molecule has 4 nitrogen and oxygen atoms in total. The van der Waals surface area contributed by atoms with Gasteiger partial charge in [0.05, 0.1) is 17.8 Å². The summed E-state index contributed by atoms with van der Waals surface area (Å²) in [6.07, 6.45) is 1.83. The van der Waals surface area contributed by atoms with Crippen LogP contribution in [0.3, 0.4) is 0 Å². The summed E-state index contributed by atoms with van der Waals surface area (Å²) < 4.78 is 2.38. The number of pyridine rings is 1. The smallest absolute Gasteiger partial charge is 0.174 e. The zero-order chi connectivity index (χ0) is 22.9. The van der Waals surface area contributed by atoms with E-state index in [2.05, 4.69) is 76.1 Å². The first-order valence-corrected chi connectivity index (χ1v) is 11.8. The molecule has 2 aromatic heterocycles. The third kappa shape index (κ3) is 4.14. The third-order valence-electron chi connectivity index (χ3n) is 6.32. The molecule has 6 heteroatoms. The van der Waals surface area contributed by atoms with Crippen molar-refractivity contribution >= 4 is 34.6 Å². The zero-order valence-electron chi connectivity index (χ0n) is 18.6. The Morgan fingerprint density at radius 3 is 2.39 bits per heavy atom. The molecule has 2 aromatic carbocycles. The van der Waals surface area contributed by atoms with Gasteiger partial charge < -0.3 is 14.8 Å². The number of halogens is 1. The molecule has 1 fully saturated rings. The molecule has 0 unspecified atom stereocenters. The van der Waals surface area contributed by atoms with Crippen LogP contribution in [0.2, 0.25) is 5.02 Å². The summed E-state index contributed by atoms with van der Waals surface area (Å²) in [5.41, 5.74) is 6.94. The Morgan fingerprint density at radius 1 is 0.970 bits per heavy atom. The molecule has 0 saturated carbocycles. The van der Waals surface area contributed by atoms with Crippen LogP contribution in [0.5, 0.6) is 0 Å². The highest BCUT2D eigenvalue weighted by Crippen LogP contribution is 2.43. The minimum atomic E-state index is -0.0694. The van der Waals surface area contributed by atoms with Gasteiger partial charge in [-0.2, -0.15) is 0 Å². The first-order valence-electron chi connectivity index (χ1n) is 11.0. The largest absolute Gasteiger partial charge is 0.351 e. The molecule has 4 aromatic rings. The van der Waals surface area contributed by atoms with Crippen molar-refractivity contribution in [2.75, 3.05) is 4.90 Å². The molecule has 0 radical (unpaired) electrons. The second kappa shape index (κ2) is 9.00. The number of hydrogen-bond acceptors (Lipinski definition) is 2. The van der Waals surface area contributed by atoms with Crippen molar-refractivity contribution in [1.29, 1.82) is 0 Å². The molecule has 33 heavy (non-hydrogen) atoms. The van der Waals surface area contributed by atoms with Crippen LogP contribution in [-0.4, -0.2) is 14.7 Å². The van der Waals surface area contributed by atoms with Crippen LogP contribution in [-0.2, 0) is 6.54 Å². The topological polar surface area (TPSA) is 33.1 Å². The van der Waals surface area contributed by atoms with Crippen LogP contribution in [0.4, 0.5) is 5.69 Å². The molecule has 0 bridgehead atoms. The average molecular weight is 473 g/mol. The van der Waals surface area contributed by atoms with E-state index >= 15 is 0 Å². The van der Waals surface area contributed by atoms with Crippen molar-refractivity contribution in [3.63, 3.8) is 0 Å². The van der Waals surface area contributed by atoms with E-state index in [1.807, 2.05) is 42.6 Å². The number of aromatic nitrogens is 2. The van der Waals surface area contributed by atoms with E-state index in [4.69, 9.17) is 23.8 Å². The maximum atomic E-state index is 6.18. The molecular formula is C27H25ClN4S. The van der Waals surface area contributed by atoms with E-state index in [0.29, 0.717) is 10.1 Å². The SMILES string of the molecule is Cc1cc([C@@H]2[C@@H](c3ccccn3)NC(=S)N2c2ccc(Cl)cc2)c(C)n1Cc1ccccc1. The molecular weight excluding hydrogens is 448 g/mol. The minimum Gasteiger partial charge on any atom is -0.351 e. The molecule has 1 aliphatic rings. The second-order valence-electron chi connectivity index (χ2n) is 8.37. The zero-order valence-corrected chi connectivity index (χ0v) is 20.1. The lowest BCUT2D eigenvalue weighted by atomic mass is 9.96. The second-order valence-corrected chi connectivity index (χ2v) is 9.19. The van der Waals surface area contributed by atoms with Gasteiger partial charge in [-0.25, -0.2) is 0 Å². The molecule has 1 saturated heterocycles. The van der Waals surface area contributed by atoms with E-state index in [9.17, 15) is 0 Å². The van der Waals surface area contributed by atoms with E-state index in [1.165, 1.54) is 22.5 Å². The Balaban J connectivity index is 1.62. The molecule has 1 N–H and O–H groups in total. The van der Waals surface area contributed by atoms with E-state index in [1.54, 1.807) is 0 Å². The number of rotatable bonds is 5. The van der Waals surface area contributed by atoms with Crippen LogP contribution in [0.25, 0.3) is 0 Å². The fourth-order valence-electron chi connectivity index (χ4n) is 4.69. The van der Waals surface area contributed by atoms with Gasteiger partial charge in [-0.05, 0) is 79.7 Å². The quantitative estimate of drug-likeness (QED) is 0.342. The Hall–Kier alpha value is -3.15. The number of nitrogens with one attached hydrogen (secondary N) is 1. The normalized spacial score (nSPS) is 17.9. The van der Waals surface area contributed by atoms with Crippen molar-refractivity contribution in [3.05, 3.63) is 118 Å². The number of hydrogen-bond donors (Lipinski definition) is 1. The summed E-state index contributed by atoms with van der Waals surface area (Å²) >= 11 is 12.0. The highest BCUT2D eigenvalue weighted by Gasteiger charge is 2.42. The molecule has 0 amide bonds. The van der Waals surface area contributed by atoms with Crippen LogP contribution in [0.15, 0.2) is 85.1 Å². The van der Waals surface area contributed by atoms with Gasteiger partial charge in [0.2, 0.25) is 0 Å². The lowest BCUT2D eigenvalue weighted by molar-refractivity contribution is 0.563. The van der Waals surface area contributed by atoms with Crippen molar-refractivity contribution in [3.8, 4) is 0 Å². The number of aryl methyl sites for hydroxylation is 1.